The van der Waals surface area contributed by atoms with E-state index in [-0.39, 0.29) is 16.2 Å². The molecule has 1 heterocycles. The maximum Gasteiger partial charge on any atom is 0.514 e. The van der Waals surface area contributed by atoms with Crippen LogP contribution in [0, 0.1) is 0 Å². The SMILES string of the molecule is CC(C)(C)OC(=O)Oc1c(-c2cc(C(C)(C)C)cc(C(C)(C)C)c2Op2oc3ccccc3c3ccccc3o2)cc(C(C)(C)C)cc1C(C)(C)C. The highest BCUT2D eigenvalue weighted by molar-refractivity contribution is 7.32. The molecular weight excluding hydrogens is 667 g/mol. The number of carbonyl (C=O) groups is 1. The zero-order chi connectivity index (χ0) is 38.6. The number of carbonyl (C=O) groups excluding carboxylic acids is 1. The first kappa shape index (κ1) is 39.1. The van der Waals surface area contributed by atoms with Gasteiger partial charge in [0.2, 0.25) is 0 Å². The van der Waals surface area contributed by atoms with Gasteiger partial charge in [0.05, 0.1) is 0 Å². The van der Waals surface area contributed by atoms with Crippen LogP contribution in [-0.4, -0.2) is 11.8 Å². The van der Waals surface area contributed by atoms with Crippen molar-refractivity contribution in [1.29, 1.82) is 0 Å². The maximum absolute atomic E-state index is 13.6. The molecule has 5 aromatic rings. The van der Waals surface area contributed by atoms with Gasteiger partial charge in [-0.1, -0.05) is 132 Å². The minimum atomic E-state index is -1.99. The lowest BCUT2D eigenvalue weighted by Crippen LogP contribution is -2.27. The van der Waals surface area contributed by atoms with Crippen LogP contribution in [0.3, 0.4) is 0 Å². The topological polar surface area (TPSA) is 71.0 Å². The number of fused-ring (bicyclic) bond motifs is 3. The van der Waals surface area contributed by atoms with E-state index in [1.807, 2.05) is 69.3 Å². The summed E-state index contributed by atoms with van der Waals surface area (Å²) < 4.78 is 32.4. The molecule has 0 saturated carbocycles. The zero-order valence-corrected chi connectivity index (χ0v) is 34.7. The van der Waals surface area contributed by atoms with Crippen molar-refractivity contribution in [2.24, 2.45) is 0 Å². The Morgan fingerprint density at radius 3 is 1.35 bits per heavy atom. The molecule has 0 unspecified atom stereocenters. The fourth-order valence-corrected chi connectivity index (χ4v) is 7.13. The lowest BCUT2D eigenvalue weighted by atomic mass is 9.75. The van der Waals surface area contributed by atoms with Crippen LogP contribution in [0.25, 0.3) is 33.1 Å². The van der Waals surface area contributed by atoms with Gasteiger partial charge in [-0.15, -0.1) is 0 Å². The van der Waals surface area contributed by atoms with Gasteiger partial charge < -0.3 is 22.4 Å². The van der Waals surface area contributed by atoms with E-state index >= 15 is 0 Å². The summed E-state index contributed by atoms with van der Waals surface area (Å²) in [6.45, 7) is 31.7. The highest BCUT2D eigenvalue weighted by Crippen LogP contribution is 2.52. The summed E-state index contributed by atoms with van der Waals surface area (Å²) in [6, 6.07) is 24.6. The van der Waals surface area contributed by atoms with E-state index in [1.165, 1.54) is 0 Å². The molecule has 1 aromatic heterocycles. The largest absolute Gasteiger partial charge is 0.514 e. The monoisotopic (exact) mass is 724 g/mol. The Morgan fingerprint density at radius 2 is 0.942 bits per heavy atom. The van der Waals surface area contributed by atoms with Gasteiger partial charge in [-0.05, 0) is 77.8 Å². The second kappa shape index (κ2) is 13.7. The normalized spacial score (nSPS) is 13.0. The molecule has 0 radical (unpaired) electrons. The molecule has 0 aliphatic rings. The van der Waals surface area contributed by atoms with Gasteiger partial charge in [0.1, 0.15) is 28.3 Å². The minimum absolute atomic E-state index is 0.216. The number of benzene rings is 4. The molecule has 4 aromatic carbocycles. The zero-order valence-electron chi connectivity index (χ0n) is 33.8. The Balaban J connectivity index is 1.95. The van der Waals surface area contributed by atoms with Crippen molar-refractivity contribution in [3.8, 4) is 22.6 Å². The maximum atomic E-state index is 13.6. The van der Waals surface area contributed by atoms with Crippen molar-refractivity contribution in [3.05, 3.63) is 95.1 Å². The highest BCUT2D eigenvalue weighted by Gasteiger charge is 2.34. The van der Waals surface area contributed by atoms with Crippen LogP contribution in [0.15, 0.2) is 81.2 Å². The third-order valence-electron chi connectivity index (χ3n) is 8.97. The molecule has 6 nitrogen and oxygen atoms in total. The van der Waals surface area contributed by atoms with Gasteiger partial charge in [0.15, 0.2) is 0 Å². The molecular formula is C45H57O6P. The molecule has 278 valence electrons. The van der Waals surface area contributed by atoms with Crippen LogP contribution in [0.1, 0.15) is 126 Å². The molecule has 0 bridgehead atoms. The van der Waals surface area contributed by atoms with Crippen molar-refractivity contribution in [1.82, 2.24) is 0 Å². The van der Waals surface area contributed by atoms with Gasteiger partial charge in [-0.2, -0.15) is 0 Å². The second-order valence-electron chi connectivity index (χ2n) is 18.9. The number of rotatable bonds is 4. The average molecular weight is 725 g/mol. The first-order chi connectivity index (χ1) is 23.8. The Morgan fingerprint density at radius 1 is 0.538 bits per heavy atom. The molecule has 0 fully saturated rings. The Hall–Kier alpha value is -4.15. The van der Waals surface area contributed by atoms with Gasteiger partial charge in [0, 0.05) is 33.0 Å². The first-order valence-corrected chi connectivity index (χ1v) is 19.2. The van der Waals surface area contributed by atoms with Crippen LogP contribution >= 0.6 is 8.24 Å². The number of hydrogen-bond donors (Lipinski definition) is 0. The van der Waals surface area contributed by atoms with E-state index in [4.69, 9.17) is 22.4 Å². The van der Waals surface area contributed by atoms with Crippen LogP contribution in [0.5, 0.6) is 11.5 Å². The fraction of sp³-hybridized carbons (Fsp3) is 0.444. The summed E-state index contributed by atoms with van der Waals surface area (Å²) >= 11 is 0. The lowest BCUT2D eigenvalue weighted by Gasteiger charge is -2.32. The molecule has 52 heavy (non-hydrogen) atoms. The fourth-order valence-electron chi connectivity index (χ4n) is 6.03. The molecule has 0 aliphatic carbocycles. The van der Waals surface area contributed by atoms with Crippen molar-refractivity contribution < 1.29 is 27.2 Å². The summed E-state index contributed by atoms with van der Waals surface area (Å²) in [5.41, 5.74) is 5.05. The summed E-state index contributed by atoms with van der Waals surface area (Å²) in [4.78, 5) is 13.6. The molecule has 0 amide bonds. The van der Waals surface area contributed by atoms with Crippen molar-refractivity contribution in [2.75, 3.05) is 0 Å². The van der Waals surface area contributed by atoms with Crippen LogP contribution < -0.4 is 9.26 Å². The average Bonchev–Trinajstić information content (AvgIpc) is 3.14. The number of para-hydroxylation sites is 2. The lowest BCUT2D eigenvalue weighted by molar-refractivity contribution is 0.0204. The number of ether oxygens (including phenoxy) is 2. The molecule has 0 atom stereocenters. The predicted octanol–water partition coefficient (Wildman–Crippen LogP) is 14.3. The van der Waals surface area contributed by atoms with Gasteiger partial charge in [-0.25, -0.2) is 4.79 Å². The molecule has 0 N–H and O–H groups in total. The summed E-state index contributed by atoms with van der Waals surface area (Å²) in [6.07, 6.45) is -0.763. The van der Waals surface area contributed by atoms with Crippen LogP contribution in [0.2, 0.25) is 0 Å². The highest BCUT2D eigenvalue weighted by atomic mass is 31.1. The standard InChI is InChI=1S/C45H57O6P/c1-41(2,3)28-24-32(38(34(26-28)43(7,8)9)47-40(46)48-45(13,14)15)33-25-29(42(4,5)6)27-35(44(10,11)12)39(33)51-52-49-36-22-18-16-20-30(36)31-21-17-19-23-37(31)50-52/h16-27H,1-15H3. The Labute approximate surface area is 311 Å². The third kappa shape index (κ3) is 8.72. The third-order valence-corrected chi connectivity index (χ3v) is 9.99. The molecule has 0 saturated heterocycles. The van der Waals surface area contributed by atoms with E-state index in [0.717, 1.165) is 44.2 Å². The Bertz CT molecular complexity index is 2100. The summed E-state index contributed by atoms with van der Waals surface area (Å²) in [5.74, 6) is 1.06. The summed E-state index contributed by atoms with van der Waals surface area (Å²) in [7, 11) is -1.99. The predicted molar refractivity (Wildman–Crippen MR) is 216 cm³/mol. The second-order valence-corrected chi connectivity index (χ2v) is 19.9. The quantitative estimate of drug-likeness (QED) is 0.136. The smallest absolute Gasteiger partial charge is 0.428 e. The minimum Gasteiger partial charge on any atom is -0.428 e. The number of hydrogen-bond acceptors (Lipinski definition) is 6. The van der Waals surface area contributed by atoms with E-state index < -0.39 is 25.4 Å². The van der Waals surface area contributed by atoms with E-state index in [1.54, 1.807) is 0 Å². The van der Waals surface area contributed by atoms with Crippen molar-refractivity contribution in [3.63, 3.8) is 0 Å². The molecule has 5 rings (SSSR count). The van der Waals surface area contributed by atoms with Crippen LogP contribution in [0.4, 0.5) is 4.79 Å². The van der Waals surface area contributed by atoms with Crippen molar-refractivity contribution >= 4 is 36.3 Å². The van der Waals surface area contributed by atoms with Gasteiger partial charge in [0.25, 0.3) is 0 Å². The first-order valence-electron chi connectivity index (χ1n) is 18.1. The van der Waals surface area contributed by atoms with E-state index in [9.17, 15) is 4.79 Å². The van der Waals surface area contributed by atoms with Gasteiger partial charge in [-0.3, -0.25) is 0 Å². The Kier molecular flexibility index (Phi) is 10.3. The molecule has 0 aliphatic heterocycles. The van der Waals surface area contributed by atoms with Gasteiger partial charge >= 0.3 is 14.4 Å². The van der Waals surface area contributed by atoms with Crippen molar-refractivity contribution in [2.45, 2.75) is 131 Å². The van der Waals surface area contributed by atoms with E-state index in [0.29, 0.717) is 22.7 Å². The van der Waals surface area contributed by atoms with Crippen LogP contribution in [-0.2, 0) is 26.4 Å². The molecule has 7 heteroatoms. The van der Waals surface area contributed by atoms with E-state index in [2.05, 4.69) is 107 Å². The molecule has 0 spiro atoms. The summed E-state index contributed by atoms with van der Waals surface area (Å²) in [5, 5.41) is 1.87.